The first kappa shape index (κ1) is 34.9. The van der Waals surface area contributed by atoms with E-state index in [0.29, 0.717) is 0 Å². The van der Waals surface area contributed by atoms with E-state index in [4.69, 9.17) is 4.42 Å². The highest BCUT2D eigenvalue weighted by Gasteiger charge is 2.20. The Morgan fingerprint density at radius 3 is 1.59 bits per heavy atom. The van der Waals surface area contributed by atoms with E-state index in [1.54, 1.807) is 0 Å². The number of hydrogen-bond acceptors (Lipinski definition) is 2. The van der Waals surface area contributed by atoms with Gasteiger partial charge in [0.1, 0.15) is 11.2 Å². The van der Waals surface area contributed by atoms with E-state index in [1.807, 2.05) is 0 Å². The molecule has 2 aromatic heterocycles. The molecule has 2 heterocycles. The van der Waals surface area contributed by atoms with E-state index in [-0.39, 0.29) is 0 Å². The van der Waals surface area contributed by atoms with Gasteiger partial charge in [0.25, 0.3) is 0 Å². The van der Waals surface area contributed by atoms with Gasteiger partial charge in [0.15, 0.2) is 0 Å². The van der Waals surface area contributed by atoms with Gasteiger partial charge >= 0.3 is 0 Å². The molecule has 12 rings (SSSR count). The second kappa shape index (κ2) is 14.3. The molecule has 3 nitrogen and oxygen atoms in total. The lowest BCUT2D eigenvalue weighted by molar-refractivity contribution is 0.669. The van der Waals surface area contributed by atoms with Crippen LogP contribution < -0.4 is 4.90 Å². The van der Waals surface area contributed by atoms with Gasteiger partial charge in [-0.3, -0.25) is 0 Å². The van der Waals surface area contributed by atoms with Crippen molar-refractivity contribution in [3.63, 3.8) is 0 Å². The fourth-order valence-corrected chi connectivity index (χ4v) is 9.40. The third-order valence-electron chi connectivity index (χ3n) is 12.2. The summed E-state index contributed by atoms with van der Waals surface area (Å²) in [4.78, 5) is 2.33. The zero-order valence-electron chi connectivity index (χ0n) is 33.2. The van der Waals surface area contributed by atoms with Crippen LogP contribution >= 0.6 is 0 Å². The van der Waals surface area contributed by atoms with E-state index < -0.39 is 0 Å². The molecule has 0 aliphatic rings. The Bertz CT molecular complexity index is 3510. The summed E-state index contributed by atoms with van der Waals surface area (Å²) in [6.07, 6.45) is 0. The quantitative estimate of drug-likeness (QED) is 0.161. The Morgan fingerprint density at radius 2 is 0.902 bits per heavy atom. The smallest absolute Gasteiger partial charge is 0.137 e. The van der Waals surface area contributed by atoms with Crippen LogP contribution in [0, 0.1) is 0 Å². The second-order valence-corrected chi connectivity index (χ2v) is 15.7. The first-order chi connectivity index (χ1) is 30.3. The number of fused-ring (bicyclic) bond motifs is 7. The summed E-state index contributed by atoms with van der Waals surface area (Å²) in [5.41, 5.74) is 15.5. The molecule has 0 radical (unpaired) electrons. The average Bonchev–Trinajstić information content (AvgIpc) is 3.88. The van der Waals surface area contributed by atoms with Crippen LogP contribution in [0.15, 0.2) is 235 Å². The van der Waals surface area contributed by atoms with E-state index in [9.17, 15) is 0 Å². The van der Waals surface area contributed by atoms with E-state index >= 15 is 0 Å². The lowest BCUT2D eigenvalue weighted by Gasteiger charge is -2.26. The molecule has 0 amide bonds. The van der Waals surface area contributed by atoms with Crippen LogP contribution in [0.4, 0.5) is 17.1 Å². The van der Waals surface area contributed by atoms with Crippen LogP contribution in [-0.4, -0.2) is 4.57 Å². The molecule has 286 valence electrons. The number of anilines is 3. The molecule has 0 aliphatic carbocycles. The Hall–Kier alpha value is -8.14. The van der Waals surface area contributed by atoms with Gasteiger partial charge in [-0.2, -0.15) is 0 Å². The van der Waals surface area contributed by atoms with Crippen molar-refractivity contribution in [1.29, 1.82) is 0 Å². The Morgan fingerprint density at radius 1 is 0.344 bits per heavy atom. The largest absolute Gasteiger partial charge is 0.456 e. The normalized spacial score (nSPS) is 11.6. The van der Waals surface area contributed by atoms with E-state index in [2.05, 4.69) is 240 Å². The number of nitrogens with zero attached hydrogens (tertiary/aromatic N) is 2. The van der Waals surface area contributed by atoms with Gasteiger partial charge in [0.2, 0.25) is 0 Å². The summed E-state index contributed by atoms with van der Waals surface area (Å²) >= 11 is 0. The Labute approximate surface area is 353 Å². The third-order valence-corrected chi connectivity index (χ3v) is 12.2. The first-order valence-corrected chi connectivity index (χ1v) is 20.8. The van der Waals surface area contributed by atoms with Gasteiger partial charge in [0, 0.05) is 39.3 Å². The SMILES string of the molecule is c1ccc(-c2ccc(N(c3ccc(-c4ccc5ccccc5c4-c4ccccc4)cc3)c3ccc4c(c3)oc3cccc(-n5c6ccccc6c6ccccc65)c34)cc2)cc1. The van der Waals surface area contributed by atoms with Crippen LogP contribution in [0.1, 0.15) is 0 Å². The third kappa shape index (κ3) is 5.82. The maximum atomic E-state index is 6.78. The number of rotatable bonds is 7. The number of hydrogen-bond donors (Lipinski definition) is 0. The fourth-order valence-electron chi connectivity index (χ4n) is 9.40. The molecule has 0 bridgehead atoms. The zero-order chi connectivity index (χ0) is 40.3. The molecule has 0 spiro atoms. The monoisotopic (exact) mass is 778 g/mol. The van der Waals surface area contributed by atoms with Crippen LogP contribution in [0.25, 0.3) is 93.6 Å². The van der Waals surface area contributed by atoms with Gasteiger partial charge in [-0.05, 0) is 105 Å². The fraction of sp³-hybridized carbons (Fsp3) is 0. The van der Waals surface area contributed by atoms with Crippen LogP contribution in [0.2, 0.25) is 0 Å². The highest BCUT2D eigenvalue weighted by atomic mass is 16.3. The van der Waals surface area contributed by atoms with Gasteiger partial charge < -0.3 is 13.9 Å². The maximum absolute atomic E-state index is 6.78. The highest BCUT2D eigenvalue weighted by Crippen LogP contribution is 2.44. The molecule has 0 atom stereocenters. The van der Waals surface area contributed by atoms with E-state index in [0.717, 1.165) is 50.3 Å². The number of benzene rings is 10. The Balaban J connectivity index is 1.01. The number of para-hydroxylation sites is 2. The minimum Gasteiger partial charge on any atom is -0.456 e. The van der Waals surface area contributed by atoms with Crippen LogP contribution in [0.5, 0.6) is 0 Å². The zero-order valence-corrected chi connectivity index (χ0v) is 33.2. The number of furan rings is 1. The lowest BCUT2D eigenvalue weighted by Crippen LogP contribution is -2.09. The van der Waals surface area contributed by atoms with Crippen molar-refractivity contribution < 1.29 is 4.42 Å². The molecule has 0 unspecified atom stereocenters. The summed E-state index contributed by atoms with van der Waals surface area (Å²) in [6, 6.07) is 82.7. The highest BCUT2D eigenvalue weighted by molar-refractivity contribution is 6.15. The number of aromatic nitrogens is 1. The molecule has 12 aromatic rings. The predicted molar refractivity (Wildman–Crippen MR) is 257 cm³/mol. The molecule has 0 aliphatic heterocycles. The van der Waals surface area contributed by atoms with Gasteiger partial charge in [0.05, 0.1) is 22.1 Å². The summed E-state index contributed by atoms with van der Waals surface area (Å²) < 4.78 is 9.17. The summed E-state index contributed by atoms with van der Waals surface area (Å²) in [7, 11) is 0. The van der Waals surface area contributed by atoms with Crippen molar-refractivity contribution in [3.05, 3.63) is 231 Å². The summed E-state index contributed by atoms with van der Waals surface area (Å²) in [5, 5.41) is 7.13. The molecule has 10 aromatic carbocycles. The van der Waals surface area contributed by atoms with Crippen molar-refractivity contribution in [2.45, 2.75) is 0 Å². The van der Waals surface area contributed by atoms with E-state index in [1.165, 1.54) is 60.4 Å². The molecule has 0 fully saturated rings. The summed E-state index contributed by atoms with van der Waals surface area (Å²) in [6.45, 7) is 0. The Kier molecular flexibility index (Phi) is 8.17. The molecule has 0 saturated carbocycles. The molecule has 0 saturated heterocycles. The topological polar surface area (TPSA) is 21.3 Å². The average molecular weight is 779 g/mol. The second-order valence-electron chi connectivity index (χ2n) is 15.7. The standard InChI is InChI=1S/C58H38N2O/c1-3-14-39(15-4-1)40-26-31-44(32-27-40)59(45-33-28-42(29-34-45)48-36-30-41-16-7-8-19-47(41)57(48)43-17-5-2-6-18-43)46-35-37-51-56(38-46)61-55-25-13-24-54(58(51)55)60-52-22-11-9-20-49(52)50-21-10-12-23-53(50)60/h1-38H. The van der Waals surface area contributed by atoms with Crippen LogP contribution in [0.3, 0.4) is 0 Å². The maximum Gasteiger partial charge on any atom is 0.137 e. The van der Waals surface area contributed by atoms with Crippen molar-refractivity contribution in [2.75, 3.05) is 4.90 Å². The summed E-state index contributed by atoms with van der Waals surface area (Å²) in [5.74, 6) is 0. The van der Waals surface area contributed by atoms with Crippen molar-refractivity contribution in [1.82, 2.24) is 4.57 Å². The van der Waals surface area contributed by atoms with Gasteiger partial charge in [-0.1, -0.05) is 164 Å². The minimum atomic E-state index is 0.840. The minimum absolute atomic E-state index is 0.840. The van der Waals surface area contributed by atoms with Crippen molar-refractivity contribution in [2.24, 2.45) is 0 Å². The van der Waals surface area contributed by atoms with Crippen molar-refractivity contribution in [3.8, 4) is 39.1 Å². The first-order valence-electron chi connectivity index (χ1n) is 20.8. The van der Waals surface area contributed by atoms with Gasteiger partial charge in [-0.25, -0.2) is 0 Å². The lowest BCUT2D eigenvalue weighted by atomic mass is 9.90. The predicted octanol–water partition coefficient (Wildman–Crippen LogP) is 16.3. The van der Waals surface area contributed by atoms with Crippen LogP contribution in [-0.2, 0) is 0 Å². The molecular formula is C58H38N2O. The molecule has 0 N–H and O–H groups in total. The molecule has 3 heteroatoms. The van der Waals surface area contributed by atoms with Crippen molar-refractivity contribution >= 4 is 71.6 Å². The molecular weight excluding hydrogens is 741 g/mol. The van der Waals surface area contributed by atoms with Gasteiger partial charge in [-0.15, -0.1) is 0 Å². The molecule has 61 heavy (non-hydrogen) atoms.